The molecule has 2 aromatic rings. The van der Waals surface area contributed by atoms with Crippen LogP contribution >= 0.6 is 0 Å². The van der Waals surface area contributed by atoms with Gasteiger partial charge in [-0.2, -0.15) is 5.10 Å². The van der Waals surface area contributed by atoms with Gasteiger partial charge in [0.2, 0.25) is 0 Å². The molecule has 0 spiro atoms. The minimum Gasteiger partial charge on any atom is -0.387 e. The standard InChI is InChI=1S/C8H9N3O2/c1-5(2)11-6-3-4-9-10-7(6)13-8(11)12/h3-5H,1-2H3. The van der Waals surface area contributed by atoms with Gasteiger partial charge >= 0.3 is 5.76 Å². The Kier molecular flexibility index (Phi) is 1.65. The molecule has 0 aliphatic carbocycles. The van der Waals surface area contributed by atoms with E-state index in [1.807, 2.05) is 13.8 Å². The molecule has 2 rings (SSSR count). The third-order valence-electron chi connectivity index (χ3n) is 1.82. The molecule has 5 heteroatoms. The molecule has 0 fully saturated rings. The van der Waals surface area contributed by atoms with Gasteiger partial charge in [0.1, 0.15) is 5.52 Å². The third kappa shape index (κ3) is 1.12. The zero-order valence-corrected chi connectivity index (χ0v) is 7.39. The van der Waals surface area contributed by atoms with Gasteiger partial charge in [0, 0.05) is 6.04 Å². The molecule has 68 valence electrons. The fraction of sp³-hybridized carbons (Fsp3) is 0.375. The number of nitrogens with zero attached hydrogens (tertiary/aromatic N) is 3. The Morgan fingerprint density at radius 3 is 3.00 bits per heavy atom. The second-order valence-electron chi connectivity index (χ2n) is 3.05. The van der Waals surface area contributed by atoms with Crippen molar-refractivity contribution in [3.8, 4) is 0 Å². The zero-order chi connectivity index (χ0) is 9.42. The van der Waals surface area contributed by atoms with Crippen molar-refractivity contribution in [1.82, 2.24) is 14.8 Å². The van der Waals surface area contributed by atoms with Crippen molar-refractivity contribution in [3.63, 3.8) is 0 Å². The molecule has 13 heavy (non-hydrogen) atoms. The van der Waals surface area contributed by atoms with Gasteiger partial charge in [-0.15, -0.1) is 5.10 Å². The molecule has 2 heterocycles. The van der Waals surface area contributed by atoms with E-state index in [9.17, 15) is 4.79 Å². The number of hydrogen-bond donors (Lipinski definition) is 0. The highest BCUT2D eigenvalue weighted by atomic mass is 16.4. The predicted octanol–water partition coefficient (Wildman–Crippen LogP) is 0.965. The van der Waals surface area contributed by atoms with Crippen molar-refractivity contribution in [3.05, 3.63) is 22.8 Å². The highest BCUT2D eigenvalue weighted by molar-refractivity contribution is 5.67. The maximum absolute atomic E-state index is 11.3. The lowest BCUT2D eigenvalue weighted by Gasteiger charge is -2.03. The summed E-state index contributed by atoms with van der Waals surface area (Å²) in [6, 6.07) is 1.78. The Bertz CT molecular complexity index is 483. The van der Waals surface area contributed by atoms with Gasteiger partial charge in [-0.1, -0.05) is 0 Å². The lowest BCUT2D eigenvalue weighted by atomic mass is 10.4. The molecule has 0 radical (unpaired) electrons. The molecule has 0 N–H and O–H groups in total. The van der Waals surface area contributed by atoms with Crippen LogP contribution in [0.2, 0.25) is 0 Å². The first-order chi connectivity index (χ1) is 6.20. The number of oxazole rings is 1. The summed E-state index contributed by atoms with van der Waals surface area (Å²) in [4.78, 5) is 11.3. The van der Waals surface area contributed by atoms with Crippen molar-refractivity contribution in [2.45, 2.75) is 19.9 Å². The molecule has 0 unspecified atom stereocenters. The smallest absolute Gasteiger partial charge is 0.387 e. The minimum absolute atomic E-state index is 0.0675. The average Bonchev–Trinajstić information content (AvgIpc) is 2.39. The van der Waals surface area contributed by atoms with Crippen molar-refractivity contribution in [1.29, 1.82) is 0 Å². The molecular weight excluding hydrogens is 170 g/mol. The summed E-state index contributed by atoms with van der Waals surface area (Å²) in [5, 5.41) is 7.34. The highest BCUT2D eigenvalue weighted by Crippen LogP contribution is 2.12. The van der Waals surface area contributed by atoms with E-state index in [0.29, 0.717) is 11.2 Å². The van der Waals surface area contributed by atoms with Crippen LogP contribution in [-0.4, -0.2) is 14.8 Å². The molecule has 5 nitrogen and oxygen atoms in total. The maximum atomic E-state index is 11.3. The average molecular weight is 179 g/mol. The summed E-state index contributed by atoms with van der Waals surface area (Å²) in [6.07, 6.45) is 1.54. The van der Waals surface area contributed by atoms with Crippen LogP contribution in [0.25, 0.3) is 11.2 Å². The quantitative estimate of drug-likeness (QED) is 0.654. The Morgan fingerprint density at radius 1 is 1.54 bits per heavy atom. The normalized spacial score (nSPS) is 11.3. The molecule has 0 aliphatic rings. The summed E-state index contributed by atoms with van der Waals surface area (Å²) in [5.74, 6) is -0.384. The van der Waals surface area contributed by atoms with Crippen LogP contribution in [-0.2, 0) is 0 Å². The molecule has 0 bridgehead atoms. The van der Waals surface area contributed by atoms with Gasteiger partial charge in [0.25, 0.3) is 5.71 Å². The lowest BCUT2D eigenvalue weighted by Crippen LogP contribution is -2.15. The van der Waals surface area contributed by atoms with Crippen molar-refractivity contribution < 1.29 is 4.42 Å². The second-order valence-corrected chi connectivity index (χ2v) is 3.05. The molecular formula is C8H9N3O2. The molecule has 0 saturated carbocycles. The van der Waals surface area contributed by atoms with Crippen molar-refractivity contribution >= 4 is 11.2 Å². The van der Waals surface area contributed by atoms with E-state index >= 15 is 0 Å². The van der Waals surface area contributed by atoms with Gasteiger partial charge in [-0.05, 0) is 19.9 Å². The van der Waals surface area contributed by atoms with Crippen molar-refractivity contribution in [2.75, 3.05) is 0 Å². The Balaban J connectivity index is 2.87. The number of aromatic nitrogens is 3. The summed E-state index contributed by atoms with van der Waals surface area (Å²) in [7, 11) is 0. The van der Waals surface area contributed by atoms with Gasteiger partial charge in [-0.3, -0.25) is 4.57 Å². The first-order valence-electron chi connectivity index (χ1n) is 4.03. The van der Waals surface area contributed by atoms with Gasteiger partial charge < -0.3 is 4.42 Å². The Hall–Kier alpha value is -1.65. The molecule has 0 aliphatic heterocycles. The molecule has 0 saturated heterocycles. The van der Waals surface area contributed by atoms with Crippen LogP contribution in [0.3, 0.4) is 0 Å². The molecule has 0 aromatic carbocycles. The lowest BCUT2D eigenvalue weighted by molar-refractivity contribution is 0.472. The van der Waals surface area contributed by atoms with E-state index in [4.69, 9.17) is 4.42 Å². The first kappa shape index (κ1) is 7.97. The summed E-state index contributed by atoms with van der Waals surface area (Å²) in [5.41, 5.74) is 0.983. The minimum atomic E-state index is -0.384. The van der Waals surface area contributed by atoms with E-state index in [1.54, 1.807) is 10.6 Å². The third-order valence-corrected chi connectivity index (χ3v) is 1.82. The Labute approximate surface area is 74.0 Å². The van der Waals surface area contributed by atoms with Crippen LogP contribution in [0.15, 0.2) is 21.5 Å². The number of fused-ring (bicyclic) bond motifs is 1. The van der Waals surface area contributed by atoms with Crippen molar-refractivity contribution in [2.24, 2.45) is 0 Å². The SMILES string of the molecule is CC(C)n1c(=O)oc2nnccc21. The highest BCUT2D eigenvalue weighted by Gasteiger charge is 2.11. The fourth-order valence-corrected chi connectivity index (χ4v) is 1.29. The van der Waals surface area contributed by atoms with Crippen LogP contribution < -0.4 is 5.76 Å². The summed E-state index contributed by atoms with van der Waals surface area (Å²) in [6.45, 7) is 3.83. The largest absolute Gasteiger partial charge is 0.421 e. The van der Waals surface area contributed by atoms with Gasteiger partial charge in [0.15, 0.2) is 0 Å². The number of hydrogen-bond acceptors (Lipinski definition) is 4. The fourth-order valence-electron chi connectivity index (χ4n) is 1.29. The van der Waals surface area contributed by atoms with Gasteiger partial charge in [0.05, 0.1) is 6.20 Å². The van der Waals surface area contributed by atoms with E-state index in [2.05, 4.69) is 10.2 Å². The second kappa shape index (κ2) is 2.69. The zero-order valence-electron chi connectivity index (χ0n) is 7.39. The van der Waals surface area contributed by atoms with E-state index < -0.39 is 0 Å². The molecule has 2 aromatic heterocycles. The van der Waals surface area contributed by atoms with Crippen LogP contribution in [0.4, 0.5) is 0 Å². The molecule has 0 atom stereocenters. The van der Waals surface area contributed by atoms with E-state index in [-0.39, 0.29) is 11.8 Å². The van der Waals surface area contributed by atoms with Crippen LogP contribution in [0.1, 0.15) is 19.9 Å². The van der Waals surface area contributed by atoms with Gasteiger partial charge in [-0.25, -0.2) is 4.79 Å². The Morgan fingerprint density at radius 2 is 2.31 bits per heavy atom. The maximum Gasteiger partial charge on any atom is 0.421 e. The van der Waals surface area contributed by atoms with Crippen LogP contribution in [0, 0.1) is 0 Å². The summed E-state index contributed by atoms with van der Waals surface area (Å²) >= 11 is 0. The summed E-state index contributed by atoms with van der Waals surface area (Å²) < 4.78 is 6.44. The van der Waals surface area contributed by atoms with Crippen LogP contribution in [0.5, 0.6) is 0 Å². The first-order valence-corrected chi connectivity index (χ1v) is 4.03. The van der Waals surface area contributed by atoms with E-state index in [1.165, 1.54) is 6.20 Å². The predicted molar refractivity (Wildman–Crippen MR) is 46.4 cm³/mol. The number of rotatable bonds is 1. The monoisotopic (exact) mass is 179 g/mol. The topological polar surface area (TPSA) is 60.9 Å². The molecule has 0 amide bonds. The van der Waals surface area contributed by atoms with E-state index in [0.717, 1.165) is 0 Å².